The molecule has 1 aromatic carbocycles. The SMILES string of the molecule is O=NCCc1cccc(Br)c1. The molecule has 0 unspecified atom stereocenters. The zero-order chi connectivity index (χ0) is 8.10. The lowest BCUT2D eigenvalue weighted by Gasteiger charge is -1.96. The standard InChI is InChI=1S/C8H8BrNO/c9-8-3-1-2-7(6-8)4-5-10-11/h1-3,6H,4-5H2. The Hall–Kier alpha value is -0.700. The predicted octanol–water partition coefficient (Wildman–Crippen LogP) is 2.76. The van der Waals surface area contributed by atoms with Gasteiger partial charge in [0.1, 0.15) is 0 Å². The van der Waals surface area contributed by atoms with Gasteiger partial charge in [-0.1, -0.05) is 33.2 Å². The molecule has 11 heavy (non-hydrogen) atoms. The van der Waals surface area contributed by atoms with Crippen LogP contribution in [0.2, 0.25) is 0 Å². The van der Waals surface area contributed by atoms with Crippen molar-refractivity contribution in [2.75, 3.05) is 6.54 Å². The smallest absolute Gasteiger partial charge is 0.0851 e. The molecule has 2 nitrogen and oxygen atoms in total. The molecule has 3 heteroatoms. The maximum absolute atomic E-state index is 9.80. The Morgan fingerprint density at radius 1 is 1.45 bits per heavy atom. The van der Waals surface area contributed by atoms with Crippen LogP contribution in [0.1, 0.15) is 5.56 Å². The van der Waals surface area contributed by atoms with Crippen LogP contribution >= 0.6 is 15.9 Å². The van der Waals surface area contributed by atoms with Crippen LogP contribution in [0.15, 0.2) is 33.9 Å². The van der Waals surface area contributed by atoms with E-state index in [1.54, 1.807) is 0 Å². The molecule has 1 aromatic rings. The topological polar surface area (TPSA) is 29.4 Å². The molecule has 1 rings (SSSR count). The molecule has 0 N–H and O–H groups in total. The van der Waals surface area contributed by atoms with E-state index in [1.165, 1.54) is 0 Å². The van der Waals surface area contributed by atoms with Gasteiger partial charge in [0.25, 0.3) is 0 Å². The molecule has 0 amide bonds. The van der Waals surface area contributed by atoms with Crippen molar-refractivity contribution in [3.8, 4) is 0 Å². The molecule has 0 bridgehead atoms. The maximum atomic E-state index is 9.80. The van der Waals surface area contributed by atoms with Crippen molar-refractivity contribution in [1.29, 1.82) is 0 Å². The summed E-state index contributed by atoms with van der Waals surface area (Å²) in [5, 5.41) is 2.80. The van der Waals surface area contributed by atoms with Crippen LogP contribution in [-0.2, 0) is 6.42 Å². The van der Waals surface area contributed by atoms with Crippen molar-refractivity contribution < 1.29 is 0 Å². The Kier molecular flexibility index (Phi) is 3.23. The summed E-state index contributed by atoms with van der Waals surface area (Å²) in [6.45, 7) is 0.358. The van der Waals surface area contributed by atoms with E-state index in [1.807, 2.05) is 24.3 Å². The zero-order valence-electron chi connectivity index (χ0n) is 5.96. The van der Waals surface area contributed by atoms with Crippen LogP contribution in [0.3, 0.4) is 0 Å². The number of halogens is 1. The van der Waals surface area contributed by atoms with E-state index in [0.29, 0.717) is 6.54 Å². The normalized spacial score (nSPS) is 9.55. The fourth-order valence-electron chi connectivity index (χ4n) is 0.867. The minimum atomic E-state index is 0.358. The second-order valence-electron chi connectivity index (χ2n) is 2.23. The molecule has 0 spiro atoms. The third-order valence-electron chi connectivity index (χ3n) is 1.38. The quantitative estimate of drug-likeness (QED) is 0.711. The van der Waals surface area contributed by atoms with E-state index in [9.17, 15) is 4.91 Å². The highest BCUT2D eigenvalue weighted by Crippen LogP contribution is 2.11. The van der Waals surface area contributed by atoms with Gasteiger partial charge in [0.15, 0.2) is 0 Å². The van der Waals surface area contributed by atoms with Crippen LogP contribution in [0.25, 0.3) is 0 Å². The largest absolute Gasteiger partial charge is 0.151 e. The van der Waals surface area contributed by atoms with Crippen LogP contribution in [0.5, 0.6) is 0 Å². The fourth-order valence-corrected chi connectivity index (χ4v) is 1.31. The Labute approximate surface area is 73.7 Å². The number of hydrogen-bond acceptors (Lipinski definition) is 2. The Bertz CT molecular complexity index is 250. The summed E-state index contributed by atoms with van der Waals surface area (Å²) in [6, 6.07) is 7.88. The van der Waals surface area contributed by atoms with Crippen LogP contribution < -0.4 is 0 Å². The van der Waals surface area contributed by atoms with Crippen molar-refractivity contribution in [2.24, 2.45) is 5.18 Å². The second-order valence-corrected chi connectivity index (χ2v) is 3.15. The van der Waals surface area contributed by atoms with Gasteiger partial charge >= 0.3 is 0 Å². The number of nitrogens with zero attached hydrogens (tertiary/aromatic N) is 1. The highest BCUT2D eigenvalue weighted by molar-refractivity contribution is 9.10. The first-order valence-corrected chi connectivity index (χ1v) is 4.16. The molecular weight excluding hydrogens is 206 g/mol. The molecule has 0 aliphatic carbocycles. The summed E-state index contributed by atoms with van der Waals surface area (Å²) in [4.78, 5) is 9.80. The average molecular weight is 214 g/mol. The Morgan fingerprint density at radius 2 is 2.27 bits per heavy atom. The Balaban J connectivity index is 2.63. The molecule has 0 aliphatic heterocycles. The first kappa shape index (κ1) is 8.40. The van der Waals surface area contributed by atoms with E-state index < -0.39 is 0 Å². The van der Waals surface area contributed by atoms with Gasteiger partial charge in [-0.25, -0.2) is 0 Å². The van der Waals surface area contributed by atoms with Gasteiger partial charge in [-0.3, -0.25) is 0 Å². The second kappa shape index (κ2) is 4.23. The molecule has 0 saturated heterocycles. The van der Waals surface area contributed by atoms with Gasteiger partial charge in [-0.15, -0.1) is 0 Å². The summed E-state index contributed by atoms with van der Waals surface area (Å²) in [5.41, 5.74) is 1.14. The number of rotatable bonds is 3. The average Bonchev–Trinajstić information content (AvgIpc) is 2.01. The van der Waals surface area contributed by atoms with E-state index in [0.717, 1.165) is 16.5 Å². The highest BCUT2D eigenvalue weighted by Gasteiger charge is 1.92. The lowest BCUT2D eigenvalue weighted by Crippen LogP contribution is -1.87. The molecule has 0 aliphatic rings. The van der Waals surface area contributed by atoms with Crippen molar-refractivity contribution in [2.45, 2.75) is 6.42 Å². The minimum absolute atomic E-state index is 0.358. The Morgan fingerprint density at radius 3 is 2.91 bits per heavy atom. The molecule has 58 valence electrons. The molecule has 0 heterocycles. The van der Waals surface area contributed by atoms with Crippen LogP contribution in [0, 0.1) is 4.91 Å². The molecule has 0 aromatic heterocycles. The third-order valence-corrected chi connectivity index (χ3v) is 1.87. The molecule has 0 radical (unpaired) electrons. The van der Waals surface area contributed by atoms with Crippen LogP contribution in [-0.4, -0.2) is 6.54 Å². The lowest BCUT2D eigenvalue weighted by molar-refractivity contribution is 0.959. The molecule has 0 fully saturated rings. The fraction of sp³-hybridized carbons (Fsp3) is 0.250. The highest BCUT2D eigenvalue weighted by atomic mass is 79.9. The molecule has 0 saturated carbocycles. The van der Waals surface area contributed by atoms with Gasteiger partial charge in [0.05, 0.1) is 6.54 Å². The van der Waals surface area contributed by atoms with Crippen molar-refractivity contribution in [3.63, 3.8) is 0 Å². The summed E-state index contributed by atoms with van der Waals surface area (Å²) >= 11 is 3.35. The summed E-state index contributed by atoms with van der Waals surface area (Å²) in [5.74, 6) is 0. The molecular formula is C8H8BrNO. The van der Waals surface area contributed by atoms with E-state index >= 15 is 0 Å². The summed E-state index contributed by atoms with van der Waals surface area (Å²) in [6.07, 6.45) is 0.725. The molecule has 0 atom stereocenters. The minimum Gasteiger partial charge on any atom is -0.151 e. The van der Waals surface area contributed by atoms with Gasteiger partial charge in [-0.2, -0.15) is 4.91 Å². The van der Waals surface area contributed by atoms with E-state index in [4.69, 9.17) is 0 Å². The van der Waals surface area contributed by atoms with E-state index in [2.05, 4.69) is 21.1 Å². The van der Waals surface area contributed by atoms with Gasteiger partial charge in [0.2, 0.25) is 0 Å². The lowest BCUT2D eigenvalue weighted by atomic mass is 10.2. The third kappa shape index (κ3) is 2.80. The summed E-state index contributed by atoms with van der Waals surface area (Å²) in [7, 11) is 0. The zero-order valence-corrected chi connectivity index (χ0v) is 7.54. The van der Waals surface area contributed by atoms with E-state index in [-0.39, 0.29) is 0 Å². The first-order valence-electron chi connectivity index (χ1n) is 3.36. The summed E-state index contributed by atoms with van der Waals surface area (Å²) < 4.78 is 1.04. The van der Waals surface area contributed by atoms with Gasteiger partial charge in [0, 0.05) is 4.47 Å². The van der Waals surface area contributed by atoms with Gasteiger partial charge < -0.3 is 0 Å². The monoisotopic (exact) mass is 213 g/mol. The van der Waals surface area contributed by atoms with Crippen molar-refractivity contribution >= 4 is 15.9 Å². The van der Waals surface area contributed by atoms with Crippen molar-refractivity contribution in [1.82, 2.24) is 0 Å². The number of hydrogen-bond donors (Lipinski definition) is 0. The maximum Gasteiger partial charge on any atom is 0.0851 e. The predicted molar refractivity (Wildman–Crippen MR) is 48.5 cm³/mol. The van der Waals surface area contributed by atoms with Crippen LogP contribution in [0.4, 0.5) is 0 Å². The van der Waals surface area contributed by atoms with Crippen molar-refractivity contribution in [3.05, 3.63) is 39.2 Å². The number of benzene rings is 1. The number of nitroso groups, excluding NO2 is 1. The van der Waals surface area contributed by atoms with Gasteiger partial charge in [-0.05, 0) is 24.1 Å². The first-order chi connectivity index (χ1) is 5.33.